The van der Waals surface area contributed by atoms with Crippen molar-refractivity contribution in [1.29, 1.82) is 0 Å². The number of nitro groups is 1. The van der Waals surface area contributed by atoms with E-state index in [4.69, 9.17) is 0 Å². The average molecular weight is 290 g/mol. The van der Waals surface area contributed by atoms with E-state index < -0.39 is 4.92 Å². The van der Waals surface area contributed by atoms with Crippen LogP contribution in [0.2, 0.25) is 0 Å². The molecule has 0 N–H and O–H groups in total. The van der Waals surface area contributed by atoms with E-state index in [9.17, 15) is 19.7 Å². The normalized spacial score (nSPS) is 14.0. The van der Waals surface area contributed by atoms with Gasteiger partial charge in [-0.25, -0.2) is 0 Å². The summed E-state index contributed by atoms with van der Waals surface area (Å²) in [5, 5.41) is 10.8. The minimum absolute atomic E-state index is 0.0142. The van der Waals surface area contributed by atoms with Crippen LogP contribution in [0.15, 0.2) is 18.2 Å². The van der Waals surface area contributed by atoms with E-state index in [1.54, 1.807) is 11.0 Å². The summed E-state index contributed by atoms with van der Waals surface area (Å²) < 4.78 is 0. The third-order valence-corrected chi connectivity index (χ3v) is 3.71. The molecule has 21 heavy (non-hydrogen) atoms. The first-order valence-electron chi connectivity index (χ1n) is 7.12. The number of fused-ring (bicyclic) bond motifs is 1. The molecule has 0 aromatic heterocycles. The molecule has 1 aromatic carbocycles. The SMILES string of the molecule is CCC(=O)CCCN1C(=O)CCc2cc([N+](=O)[O-])ccc21. The van der Waals surface area contributed by atoms with Crippen LogP contribution in [0.25, 0.3) is 0 Å². The Hall–Kier alpha value is -2.24. The van der Waals surface area contributed by atoms with Gasteiger partial charge in [-0.15, -0.1) is 0 Å². The number of Topliss-reactive ketones (excluding diaryl/α,β-unsaturated/α-hetero) is 1. The van der Waals surface area contributed by atoms with Gasteiger partial charge >= 0.3 is 0 Å². The van der Waals surface area contributed by atoms with Crippen LogP contribution in [0.5, 0.6) is 0 Å². The number of nitro benzene ring substituents is 1. The molecule has 1 heterocycles. The molecule has 0 atom stereocenters. The molecule has 6 heteroatoms. The van der Waals surface area contributed by atoms with E-state index in [0.717, 1.165) is 11.3 Å². The minimum atomic E-state index is -0.430. The van der Waals surface area contributed by atoms with Crippen molar-refractivity contribution < 1.29 is 14.5 Å². The maximum Gasteiger partial charge on any atom is 0.269 e. The van der Waals surface area contributed by atoms with Crippen molar-refractivity contribution in [2.75, 3.05) is 11.4 Å². The molecule has 1 aliphatic heterocycles. The van der Waals surface area contributed by atoms with Gasteiger partial charge < -0.3 is 4.90 Å². The molecule has 0 saturated heterocycles. The molecule has 0 aliphatic carbocycles. The summed E-state index contributed by atoms with van der Waals surface area (Å²) >= 11 is 0. The van der Waals surface area contributed by atoms with Crippen LogP contribution >= 0.6 is 0 Å². The van der Waals surface area contributed by atoms with Gasteiger partial charge in [-0.1, -0.05) is 6.92 Å². The molecule has 0 spiro atoms. The zero-order chi connectivity index (χ0) is 15.4. The molecule has 0 fully saturated rings. The third-order valence-electron chi connectivity index (χ3n) is 3.71. The number of hydrogen-bond acceptors (Lipinski definition) is 4. The lowest BCUT2D eigenvalue weighted by atomic mass is 10.00. The van der Waals surface area contributed by atoms with Crippen molar-refractivity contribution in [2.45, 2.75) is 39.0 Å². The number of benzene rings is 1. The summed E-state index contributed by atoms with van der Waals surface area (Å²) in [7, 11) is 0. The Morgan fingerprint density at radius 1 is 1.38 bits per heavy atom. The summed E-state index contributed by atoms with van der Waals surface area (Å²) in [6.45, 7) is 2.30. The fraction of sp³-hybridized carbons (Fsp3) is 0.467. The number of amides is 1. The smallest absolute Gasteiger partial charge is 0.269 e. The van der Waals surface area contributed by atoms with Gasteiger partial charge in [-0.05, 0) is 24.5 Å². The highest BCUT2D eigenvalue weighted by molar-refractivity contribution is 5.96. The second-order valence-electron chi connectivity index (χ2n) is 5.11. The molecule has 112 valence electrons. The molecule has 6 nitrogen and oxygen atoms in total. The molecule has 0 radical (unpaired) electrons. The van der Waals surface area contributed by atoms with Crippen molar-refractivity contribution >= 4 is 23.1 Å². The molecular formula is C15H18N2O4. The van der Waals surface area contributed by atoms with Gasteiger partial charge in [0.05, 0.1) is 4.92 Å². The molecule has 1 aromatic rings. The Balaban J connectivity index is 2.14. The largest absolute Gasteiger partial charge is 0.312 e. The van der Waals surface area contributed by atoms with E-state index in [2.05, 4.69) is 0 Å². The van der Waals surface area contributed by atoms with Crippen LogP contribution in [0, 0.1) is 10.1 Å². The zero-order valence-corrected chi connectivity index (χ0v) is 12.0. The summed E-state index contributed by atoms with van der Waals surface area (Å²) in [5.41, 5.74) is 1.61. The van der Waals surface area contributed by atoms with Gasteiger partial charge in [0.15, 0.2) is 0 Å². The fourth-order valence-corrected chi connectivity index (χ4v) is 2.52. The molecule has 0 saturated carbocycles. The predicted octanol–water partition coefficient (Wildman–Crippen LogP) is 2.63. The summed E-state index contributed by atoms with van der Waals surface area (Å²) in [5.74, 6) is 0.198. The molecule has 1 aliphatic rings. The van der Waals surface area contributed by atoms with Gasteiger partial charge in [0.2, 0.25) is 5.91 Å². The quantitative estimate of drug-likeness (QED) is 0.595. The number of hydrogen-bond donors (Lipinski definition) is 0. The van der Waals surface area contributed by atoms with Crippen molar-refractivity contribution in [3.8, 4) is 0 Å². The number of ketones is 1. The van der Waals surface area contributed by atoms with Crippen LogP contribution in [0.4, 0.5) is 11.4 Å². The van der Waals surface area contributed by atoms with E-state index in [1.807, 2.05) is 6.92 Å². The maximum atomic E-state index is 12.0. The van der Waals surface area contributed by atoms with Gasteiger partial charge in [0.1, 0.15) is 5.78 Å². The van der Waals surface area contributed by atoms with E-state index >= 15 is 0 Å². The van der Waals surface area contributed by atoms with Crippen molar-refractivity contribution in [3.05, 3.63) is 33.9 Å². The van der Waals surface area contributed by atoms with Crippen LogP contribution in [0.3, 0.4) is 0 Å². The van der Waals surface area contributed by atoms with Crippen LogP contribution in [-0.2, 0) is 16.0 Å². The predicted molar refractivity (Wildman–Crippen MR) is 78.3 cm³/mol. The second kappa shape index (κ2) is 6.47. The Morgan fingerprint density at radius 2 is 2.14 bits per heavy atom. The van der Waals surface area contributed by atoms with Crippen LogP contribution < -0.4 is 4.90 Å². The summed E-state index contributed by atoms with van der Waals surface area (Å²) in [4.78, 5) is 35.4. The monoisotopic (exact) mass is 290 g/mol. The first kappa shape index (κ1) is 15.2. The molecule has 0 bridgehead atoms. The Bertz CT molecular complexity index is 583. The molecule has 1 amide bonds. The first-order valence-corrected chi connectivity index (χ1v) is 7.12. The molecular weight excluding hydrogens is 272 g/mol. The number of rotatable bonds is 6. The van der Waals surface area contributed by atoms with Crippen molar-refractivity contribution in [1.82, 2.24) is 0 Å². The van der Waals surface area contributed by atoms with Crippen LogP contribution in [-0.4, -0.2) is 23.2 Å². The zero-order valence-electron chi connectivity index (χ0n) is 12.0. The van der Waals surface area contributed by atoms with Crippen molar-refractivity contribution in [3.63, 3.8) is 0 Å². The second-order valence-corrected chi connectivity index (χ2v) is 5.11. The van der Waals surface area contributed by atoms with Crippen LogP contribution in [0.1, 0.15) is 38.2 Å². The van der Waals surface area contributed by atoms with Gasteiger partial charge in [-0.2, -0.15) is 0 Å². The van der Waals surface area contributed by atoms with E-state index in [1.165, 1.54) is 12.1 Å². The Labute approximate surface area is 122 Å². The highest BCUT2D eigenvalue weighted by atomic mass is 16.6. The average Bonchev–Trinajstić information content (AvgIpc) is 2.48. The highest BCUT2D eigenvalue weighted by Gasteiger charge is 2.25. The highest BCUT2D eigenvalue weighted by Crippen LogP contribution is 2.31. The topological polar surface area (TPSA) is 80.5 Å². The van der Waals surface area contributed by atoms with Crippen molar-refractivity contribution in [2.24, 2.45) is 0 Å². The minimum Gasteiger partial charge on any atom is -0.312 e. The lowest BCUT2D eigenvalue weighted by Crippen LogP contribution is -2.36. The summed E-state index contributed by atoms with van der Waals surface area (Å²) in [6, 6.07) is 4.58. The number of carbonyl (C=O) groups is 2. The lowest BCUT2D eigenvalue weighted by molar-refractivity contribution is -0.384. The number of anilines is 1. The number of aryl methyl sites for hydroxylation is 1. The Kier molecular flexibility index (Phi) is 4.67. The van der Waals surface area contributed by atoms with Gasteiger partial charge in [-0.3, -0.25) is 19.7 Å². The molecule has 2 rings (SSSR count). The number of non-ortho nitro benzene ring substituents is 1. The van der Waals surface area contributed by atoms with Gasteiger partial charge in [0, 0.05) is 43.6 Å². The van der Waals surface area contributed by atoms with E-state index in [0.29, 0.717) is 38.6 Å². The maximum absolute atomic E-state index is 12.0. The van der Waals surface area contributed by atoms with E-state index in [-0.39, 0.29) is 17.4 Å². The number of nitrogens with zero attached hydrogens (tertiary/aromatic N) is 2. The van der Waals surface area contributed by atoms with Gasteiger partial charge in [0.25, 0.3) is 5.69 Å². The first-order chi connectivity index (χ1) is 10.0. The third kappa shape index (κ3) is 3.45. The standard InChI is InChI=1S/C15H18N2O4/c1-2-13(18)4-3-9-16-14-7-6-12(17(20)21)10-11(14)5-8-15(16)19/h6-7,10H,2-5,8-9H2,1H3. The lowest BCUT2D eigenvalue weighted by Gasteiger charge is -2.29. The number of carbonyl (C=O) groups excluding carboxylic acids is 2. The summed E-state index contributed by atoms with van der Waals surface area (Å²) in [6.07, 6.45) is 2.48. The fourth-order valence-electron chi connectivity index (χ4n) is 2.52. The molecule has 0 unspecified atom stereocenters. The Morgan fingerprint density at radius 3 is 2.81 bits per heavy atom.